The molecule has 0 amide bonds. The number of benzene rings is 1. The molecule has 0 radical (unpaired) electrons. The molecule has 116 valence electrons. The van der Waals surface area contributed by atoms with E-state index in [2.05, 4.69) is 20.8 Å². The Kier molecular flexibility index (Phi) is 6.21. The Labute approximate surface area is 134 Å². The number of halogens is 1. The summed E-state index contributed by atoms with van der Waals surface area (Å²) in [6, 6.07) is 6.17. The van der Waals surface area contributed by atoms with Crippen molar-refractivity contribution in [2.45, 2.75) is 38.3 Å². The molecule has 0 aliphatic carbocycles. The number of rotatable bonds is 6. The first-order valence-electron chi connectivity index (χ1n) is 7.37. The summed E-state index contributed by atoms with van der Waals surface area (Å²) in [4.78, 5) is 14.0. The van der Waals surface area contributed by atoms with Gasteiger partial charge in [0.05, 0.1) is 12.7 Å². The third-order valence-electron chi connectivity index (χ3n) is 4.04. The maximum atomic E-state index is 11.5. The van der Waals surface area contributed by atoms with Crippen molar-refractivity contribution in [1.82, 2.24) is 4.90 Å². The molecule has 1 aromatic carbocycles. The van der Waals surface area contributed by atoms with Crippen molar-refractivity contribution < 1.29 is 14.6 Å². The Morgan fingerprint density at radius 2 is 2.33 bits per heavy atom. The molecule has 1 saturated heterocycles. The molecule has 0 spiro atoms. The number of aliphatic hydroxyl groups is 1. The minimum Gasteiger partial charge on any atom is -0.465 e. The minimum atomic E-state index is -0.316. The van der Waals surface area contributed by atoms with Crippen LogP contribution in [0.2, 0.25) is 0 Å². The predicted octanol–water partition coefficient (Wildman–Crippen LogP) is 2.97. The summed E-state index contributed by atoms with van der Waals surface area (Å²) in [5.74, 6) is -0.316. The molecular formula is C16H22BrNO3. The maximum absolute atomic E-state index is 11.5. The number of hydrogen-bond acceptors (Lipinski definition) is 4. The van der Waals surface area contributed by atoms with E-state index in [0.29, 0.717) is 11.6 Å². The zero-order valence-corrected chi connectivity index (χ0v) is 13.9. The van der Waals surface area contributed by atoms with Crippen LogP contribution >= 0.6 is 15.9 Å². The molecule has 1 atom stereocenters. The van der Waals surface area contributed by atoms with E-state index in [-0.39, 0.29) is 12.6 Å². The zero-order valence-electron chi connectivity index (χ0n) is 12.3. The quantitative estimate of drug-likeness (QED) is 0.797. The van der Waals surface area contributed by atoms with E-state index in [1.807, 2.05) is 18.2 Å². The summed E-state index contributed by atoms with van der Waals surface area (Å²) in [7, 11) is 1.39. The van der Waals surface area contributed by atoms with E-state index < -0.39 is 0 Å². The largest absolute Gasteiger partial charge is 0.465 e. The summed E-state index contributed by atoms with van der Waals surface area (Å²) < 4.78 is 5.67. The summed E-state index contributed by atoms with van der Waals surface area (Å²) >= 11 is 3.55. The van der Waals surface area contributed by atoms with Crippen LogP contribution in [-0.2, 0) is 11.3 Å². The van der Waals surface area contributed by atoms with Crippen molar-refractivity contribution in [3.8, 4) is 0 Å². The normalized spacial score (nSPS) is 18.9. The van der Waals surface area contributed by atoms with Crippen molar-refractivity contribution in [2.75, 3.05) is 20.3 Å². The summed E-state index contributed by atoms with van der Waals surface area (Å²) in [5.41, 5.74) is 1.74. The highest BCUT2D eigenvalue weighted by molar-refractivity contribution is 9.10. The topological polar surface area (TPSA) is 49.8 Å². The van der Waals surface area contributed by atoms with Gasteiger partial charge in [0.15, 0.2) is 0 Å². The molecule has 5 heteroatoms. The van der Waals surface area contributed by atoms with Crippen molar-refractivity contribution in [3.05, 3.63) is 33.8 Å². The van der Waals surface area contributed by atoms with E-state index in [0.717, 1.165) is 30.4 Å². The third kappa shape index (κ3) is 4.28. The molecular weight excluding hydrogens is 334 g/mol. The van der Waals surface area contributed by atoms with Crippen LogP contribution in [0.3, 0.4) is 0 Å². The minimum absolute atomic E-state index is 0.266. The van der Waals surface area contributed by atoms with Crippen LogP contribution in [0.25, 0.3) is 0 Å². The number of methoxy groups -OCH3 is 1. The first-order valence-corrected chi connectivity index (χ1v) is 8.16. The lowest BCUT2D eigenvalue weighted by molar-refractivity contribution is 0.0600. The highest BCUT2D eigenvalue weighted by atomic mass is 79.9. The van der Waals surface area contributed by atoms with E-state index in [4.69, 9.17) is 9.84 Å². The summed E-state index contributed by atoms with van der Waals surface area (Å²) in [6.45, 7) is 2.24. The number of likely N-dealkylation sites (tertiary alicyclic amines) is 1. The van der Waals surface area contributed by atoms with Gasteiger partial charge >= 0.3 is 5.97 Å². The van der Waals surface area contributed by atoms with Crippen LogP contribution < -0.4 is 0 Å². The van der Waals surface area contributed by atoms with Gasteiger partial charge in [-0.05, 0) is 49.9 Å². The molecule has 0 aromatic heterocycles. The monoisotopic (exact) mass is 355 g/mol. The number of carbonyl (C=O) groups excluding carboxylic acids is 1. The van der Waals surface area contributed by atoms with Gasteiger partial charge in [0.25, 0.3) is 0 Å². The van der Waals surface area contributed by atoms with E-state index in [1.165, 1.54) is 25.5 Å². The van der Waals surface area contributed by atoms with Crippen LogP contribution in [0, 0.1) is 0 Å². The van der Waals surface area contributed by atoms with Crippen LogP contribution in [0.5, 0.6) is 0 Å². The SMILES string of the molecule is COC(=O)c1ccc(CN2CCCC2CCCO)c(Br)c1. The van der Waals surface area contributed by atoms with E-state index in [9.17, 15) is 4.79 Å². The van der Waals surface area contributed by atoms with Crippen molar-refractivity contribution in [2.24, 2.45) is 0 Å². The lowest BCUT2D eigenvalue weighted by Crippen LogP contribution is -2.29. The van der Waals surface area contributed by atoms with Gasteiger partial charge in [-0.2, -0.15) is 0 Å². The second-order valence-corrected chi connectivity index (χ2v) is 6.28. The Hall–Kier alpha value is -0.910. The molecule has 0 saturated carbocycles. The number of carbonyl (C=O) groups is 1. The second kappa shape index (κ2) is 7.92. The standard InChI is InChI=1S/C16H22BrNO3/c1-21-16(20)12-6-7-13(15(17)10-12)11-18-8-2-4-14(18)5-3-9-19/h6-7,10,14,19H,2-5,8-9,11H2,1H3. The highest BCUT2D eigenvalue weighted by Crippen LogP contribution is 2.27. The number of hydrogen-bond donors (Lipinski definition) is 1. The number of ether oxygens (including phenoxy) is 1. The molecule has 21 heavy (non-hydrogen) atoms. The number of esters is 1. The van der Waals surface area contributed by atoms with E-state index in [1.54, 1.807) is 0 Å². The number of aliphatic hydroxyl groups excluding tert-OH is 1. The molecule has 1 unspecified atom stereocenters. The molecule has 4 nitrogen and oxygen atoms in total. The van der Waals surface area contributed by atoms with Crippen molar-refractivity contribution >= 4 is 21.9 Å². The Morgan fingerprint density at radius 3 is 3.00 bits per heavy atom. The molecule has 1 heterocycles. The number of nitrogens with zero attached hydrogens (tertiary/aromatic N) is 1. The van der Waals surface area contributed by atoms with Gasteiger partial charge in [0.2, 0.25) is 0 Å². The van der Waals surface area contributed by atoms with Crippen LogP contribution in [0.4, 0.5) is 0 Å². The van der Waals surface area contributed by atoms with Crippen LogP contribution in [-0.4, -0.2) is 42.3 Å². The first-order chi connectivity index (χ1) is 10.2. The smallest absolute Gasteiger partial charge is 0.337 e. The van der Waals surface area contributed by atoms with Gasteiger partial charge in [0.1, 0.15) is 0 Å². The fourth-order valence-corrected chi connectivity index (χ4v) is 3.40. The van der Waals surface area contributed by atoms with Gasteiger partial charge in [0, 0.05) is 23.7 Å². The lowest BCUT2D eigenvalue weighted by Gasteiger charge is -2.25. The Morgan fingerprint density at radius 1 is 1.52 bits per heavy atom. The average Bonchev–Trinajstić information content (AvgIpc) is 2.93. The molecule has 2 rings (SSSR count). The molecule has 0 bridgehead atoms. The molecule has 1 N–H and O–H groups in total. The second-order valence-electron chi connectivity index (χ2n) is 5.43. The molecule has 1 fully saturated rings. The maximum Gasteiger partial charge on any atom is 0.337 e. The van der Waals surface area contributed by atoms with Gasteiger partial charge < -0.3 is 9.84 Å². The fourth-order valence-electron chi connectivity index (χ4n) is 2.90. The van der Waals surface area contributed by atoms with Crippen molar-refractivity contribution in [3.63, 3.8) is 0 Å². The Balaban J connectivity index is 2.03. The highest BCUT2D eigenvalue weighted by Gasteiger charge is 2.24. The zero-order chi connectivity index (χ0) is 15.2. The predicted molar refractivity (Wildman–Crippen MR) is 85.2 cm³/mol. The molecule has 1 aliphatic heterocycles. The first kappa shape index (κ1) is 16.5. The van der Waals surface area contributed by atoms with Crippen LogP contribution in [0.15, 0.2) is 22.7 Å². The summed E-state index contributed by atoms with van der Waals surface area (Å²) in [6.07, 6.45) is 4.34. The van der Waals surface area contributed by atoms with Gasteiger partial charge in [-0.25, -0.2) is 4.79 Å². The van der Waals surface area contributed by atoms with Crippen molar-refractivity contribution in [1.29, 1.82) is 0 Å². The average molecular weight is 356 g/mol. The van der Waals surface area contributed by atoms with Gasteiger partial charge in [-0.1, -0.05) is 22.0 Å². The van der Waals surface area contributed by atoms with Gasteiger partial charge in [-0.3, -0.25) is 4.90 Å². The molecule has 1 aliphatic rings. The summed E-state index contributed by atoms with van der Waals surface area (Å²) in [5, 5.41) is 8.98. The van der Waals surface area contributed by atoms with Gasteiger partial charge in [-0.15, -0.1) is 0 Å². The fraction of sp³-hybridized carbons (Fsp3) is 0.562. The Bertz CT molecular complexity index is 492. The molecule has 1 aromatic rings. The third-order valence-corrected chi connectivity index (χ3v) is 4.78. The lowest BCUT2D eigenvalue weighted by atomic mass is 10.1. The van der Waals surface area contributed by atoms with E-state index >= 15 is 0 Å². The van der Waals surface area contributed by atoms with Crippen LogP contribution in [0.1, 0.15) is 41.6 Å².